The zero-order chi connectivity index (χ0) is 14.2. The predicted molar refractivity (Wildman–Crippen MR) is 83.1 cm³/mol. The Balaban J connectivity index is 1.96. The number of hydrogen-bond donors (Lipinski definition) is 0. The fourth-order valence-corrected chi connectivity index (χ4v) is 2.55. The van der Waals surface area contributed by atoms with Crippen molar-refractivity contribution in [3.05, 3.63) is 60.6 Å². The highest BCUT2D eigenvalue weighted by Crippen LogP contribution is 2.24. The summed E-state index contributed by atoms with van der Waals surface area (Å²) in [5, 5.41) is 6.98. The second kappa shape index (κ2) is 4.66. The van der Waals surface area contributed by atoms with Gasteiger partial charge in [0.1, 0.15) is 0 Å². The van der Waals surface area contributed by atoms with E-state index in [1.54, 1.807) is 6.20 Å². The smallest absolute Gasteiger partial charge is 0.220 e. The summed E-state index contributed by atoms with van der Waals surface area (Å²) in [5.74, 6) is 1.47. The minimum atomic E-state index is 0.650. The molecule has 4 heteroatoms. The van der Waals surface area contributed by atoms with Crippen LogP contribution in [0.4, 0.5) is 0 Å². The molecule has 4 rings (SSSR count). The van der Waals surface area contributed by atoms with E-state index < -0.39 is 0 Å². The lowest BCUT2D eigenvalue weighted by Gasteiger charge is -2.05. The van der Waals surface area contributed by atoms with Gasteiger partial charge in [0.2, 0.25) is 0 Å². The highest BCUT2D eigenvalue weighted by molar-refractivity contribution is 5.86. The van der Waals surface area contributed by atoms with E-state index in [0.29, 0.717) is 5.78 Å². The van der Waals surface area contributed by atoms with Gasteiger partial charge in [0.25, 0.3) is 5.78 Å². The molecule has 102 valence electrons. The lowest BCUT2D eigenvalue weighted by molar-refractivity contribution is 0.885. The Morgan fingerprint density at radius 2 is 1.86 bits per heavy atom. The van der Waals surface area contributed by atoms with E-state index in [1.165, 1.54) is 10.8 Å². The first-order chi connectivity index (χ1) is 10.3. The molecule has 0 bridgehead atoms. The number of fused-ring (bicyclic) bond motifs is 2. The zero-order valence-electron chi connectivity index (χ0n) is 11.7. The van der Waals surface area contributed by atoms with Gasteiger partial charge in [-0.2, -0.15) is 9.50 Å². The van der Waals surface area contributed by atoms with Crippen LogP contribution < -0.4 is 0 Å². The molecule has 0 unspecified atom stereocenters. The molecule has 0 aliphatic rings. The fourth-order valence-electron chi connectivity index (χ4n) is 2.55. The van der Waals surface area contributed by atoms with E-state index in [2.05, 4.69) is 57.5 Å². The Morgan fingerprint density at radius 3 is 2.71 bits per heavy atom. The molecule has 2 aromatic carbocycles. The summed E-state index contributed by atoms with van der Waals surface area (Å²) in [4.78, 5) is 8.71. The van der Waals surface area contributed by atoms with Crippen LogP contribution in [-0.2, 0) is 6.42 Å². The molecule has 0 radical (unpaired) electrons. The van der Waals surface area contributed by atoms with E-state index in [1.807, 2.05) is 17.5 Å². The molecule has 4 aromatic rings. The second-order valence-corrected chi connectivity index (χ2v) is 4.99. The third kappa shape index (κ3) is 1.96. The average Bonchev–Trinajstić information content (AvgIpc) is 2.97. The summed E-state index contributed by atoms with van der Waals surface area (Å²) in [6.45, 7) is 2.05. The average molecular weight is 274 g/mol. The molecule has 4 nitrogen and oxygen atoms in total. The van der Waals surface area contributed by atoms with Crippen molar-refractivity contribution in [3.63, 3.8) is 0 Å². The van der Waals surface area contributed by atoms with Crippen molar-refractivity contribution in [2.75, 3.05) is 0 Å². The first kappa shape index (κ1) is 12.0. The van der Waals surface area contributed by atoms with Crippen molar-refractivity contribution in [3.8, 4) is 11.3 Å². The number of aromatic nitrogens is 4. The summed E-state index contributed by atoms with van der Waals surface area (Å²) in [6, 6.07) is 16.8. The van der Waals surface area contributed by atoms with Crippen molar-refractivity contribution >= 4 is 16.6 Å². The van der Waals surface area contributed by atoms with Gasteiger partial charge >= 0.3 is 0 Å². The maximum Gasteiger partial charge on any atom is 0.252 e. The van der Waals surface area contributed by atoms with Gasteiger partial charge in [0, 0.05) is 18.2 Å². The molecule has 0 atom stereocenters. The molecule has 0 aliphatic carbocycles. The molecular formula is C17H14N4. The van der Waals surface area contributed by atoms with E-state index in [4.69, 9.17) is 0 Å². The Bertz CT molecular complexity index is 940. The molecule has 2 aromatic heterocycles. The van der Waals surface area contributed by atoms with Crippen LogP contribution in [0.3, 0.4) is 0 Å². The molecule has 0 amide bonds. The minimum Gasteiger partial charge on any atom is -0.220 e. The number of nitrogens with zero attached hydrogens (tertiary/aromatic N) is 4. The van der Waals surface area contributed by atoms with Gasteiger partial charge in [0.15, 0.2) is 5.82 Å². The monoisotopic (exact) mass is 274 g/mol. The maximum absolute atomic E-state index is 4.53. The van der Waals surface area contributed by atoms with Gasteiger partial charge in [-0.05, 0) is 22.9 Å². The van der Waals surface area contributed by atoms with E-state index in [-0.39, 0.29) is 0 Å². The van der Waals surface area contributed by atoms with Crippen LogP contribution in [0.5, 0.6) is 0 Å². The second-order valence-electron chi connectivity index (χ2n) is 4.99. The van der Waals surface area contributed by atoms with Crippen molar-refractivity contribution in [1.82, 2.24) is 19.6 Å². The normalized spacial score (nSPS) is 11.3. The first-order valence-electron chi connectivity index (χ1n) is 7.05. The van der Waals surface area contributed by atoms with Crippen LogP contribution in [0.25, 0.3) is 27.8 Å². The molecule has 0 N–H and O–H groups in total. The molecule has 0 saturated heterocycles. The minimum absolute atomic E-state index is 0.650. The fraction of sp³-hybridized carbons (Fsp3) is 0.118. The molecule has 2 heterocycles. The van der Waals surface area contributed by atoms with Crippen LogP contribution in [0.2, 0.25) is 0 Å². The summed E-state index contributed by atoms with van der Waals surface area (Å²) in [5.41, 5.74) is 2.13. The van der Waals surface area contributed by atoms with Crippen LogP contribution in [0, 0.1) is 0 Å². The molecular weight excluding hydrogens is 260 g/mol. The van der Waals surface area contributed by atoms with Crippen molar-refractivity contribution in [2.45, 2.75) is 13.3 Å². The third-order valence-corrected chi connectivity index (χ3v) is 3.65. The predicted octanol–water partition coefficient (Wildman–Crippen LogP) is 3.51. The van der Waals surface area contributed by atoms with Gasteiger partial charge in [-0.25, -0.2) is 4.98 Å². The summed E-state index contributed by atoms with van der Waals surface area (Å²) >= 11 is 0. The summed E-state index contributed by atoms with van der Waals surface area (Å²) in [6.07, 6.45) is 2.59. The van der Waals surface area contributed by atoms with Gasteiger partial charge in [-0.15, -0.1) is 5.10 Å². The summed E-state index contributed by atoms with van der Waals surface area (Å²) < 4.78 is 1.82. The van der Waals surface area contributed by atoms with E-state index >= 15 is 0 Å². The molecule has 0 fully saturated rings. The van der Waals surface area contributed by atoms with Gasteiger partial charge in [-0.3, -0.25) is 0 Å². The quantitative estimate of drug-likeness (QED) is 0.562. The van der Waals surface area contributed by atoms with Gasteiger partial charge in [-0.1, -0.05) is 43.3 Å². The van der Waals surface area contributed by atoms with Crippen LogP contribution in [-0.4, -0.2) is 19.6 Å². The number of benzene rings is 2. The zero-order valence-corrected chi connectivity index (χ0v) is 11.7. The van der Waals surface area contributed by atoms with Crippen molar-refractivity contribution in [1.29, 1.82) is 0 Å². The first-order valence-corrected chi connectivity index (χ1v) is 7.05. The Kier molecular flexibility index (Phi) is 2.67. The number of aryl methyl sites for hydroxylation is 1. The summed E-state index contributed by atoms with van der Waals surface area (Å²) in [7, 11) is 0. The topological polar surface area (TPSA) is 43.1 Å². The lowest BCUT2D eigenvalue weighted by atomic mass is 10.1. The van der Waals surface area contributed by atoms with E-state index in [0.717, 1.165) is 23.5 Å². The van der Waals surface area contributed by atoms with Crippen molar-refractivity contribution in [2.24, 2.45) is 0 Å². The molecule has 0 spiro atoms. The standard InChI is InChI=1S/C17H14N4/c1-2-16-19-17-18-10-9-15(21(17)20-16)14-8-7-12-5-3-4-6-13(12)11-14/h3-11H,2H2,1H3. The van der Waals surface area contributed by atoms with Crippen molar-refractivity contribution < 1.29 is 0 Å². The Morgan fingerprint density at radius 1 is 1.00 bits per heavy atom. The Labute approximate surface area is 122 Å². The van der Waals surface area contributed by atoms with Crippen LogP contribution in [0.15, 0.2) is 54.7 Å². The SMILES string of the molecule is CCc1nc2nccc(-c3ccc4ccccc4c3)n2n1. The highest BCUT2D eigenvalue weighted by Gasteiger charge is 2.09. The lowest BCUT2D eigenvalue weighted by Crippen LogP contribution is -1.96. The molecule has 0 saturated carbocycles. The largest absolute Gasteiger partial charge is 0.252 e. The third-order valence-electron chi connectivity index (χ3n) is 3.65. The highest BCUT2D eigenvalue weighted by atomic mass is 15.3. The van der Waals surface area contributed by atoms with Crippen LogP contribution >= 0.6 is 0 Å². The Hall–Kier alpha value is -2.75. The van der Waals surface area contributed by atoms with Crippen LogP contribution in [0.1, 0.15) is 12.7 Å². The van der Waals surface area contributed by atoms with Gasteiger partial charge in [0.05, 0.1) is 5.69 Å². The molecule has 0 aliphatic heterocycles. The van der Waals surface area contributed by atoms with E-state index in [9.17, 15) is 0 Å². The number of hydrogen-bond acceptors (Lipinski definition) is 3. The number of rotatable bonds is 2. The van der Waals surface area contributed by atoms with Gasteiger partial charge < -0.3 is 0 Å². The maximum atomic E-state index is 4.53. The molecule has 21 heavy (non-hydrogen) atoms.